The zero-order valence-corrected chi connectivity index (χ0v) is 23.2. The summed E-state index contributed by atoms with van der Waals surface area (Å²) in [5, 5.41) is 7.70. The number of alkyl carbamates (subject to hydrolysis) is 1. The molecule has 1 unspecified atom stereocenters. The lowest BCUT2D eigenvalue weighted by atomic mass is 10.0. The van der Waals surface area contributed by atoms with Crippen LogP contribution in [-0.4, -0.2) is 92.5 Å². The Kier molecular flexibility index (Phi) is 11.4. The largest absolute Gasteiger partial charge is 0.444 e. The minimum Gasteiger partial charge on any atom is -0.444 e. The van der Waals surface area contributed by atoms with E-state index < -0.39 is 23.6 Å². The molecule has 1 saturated heterocycles. The van der Waals surface area contributed by atoms with Crippen LogP contribution in [-0.2, 0) is 39.9 Å². The van der Waals surface area contributed by atoms with E-state index in [1.165, 1.54) is 4.90 Å². The summed E-state index contributed by atoms with van der Waals surface area (Å²) in [6, 6.07) is 4.33. The van der Waals surface area contributed by atoms with Gasteiger partial charge in [-0.05, 0) is 39.3 Å². The molecule has 0 spiro atoms. The first-order valence-corrected chi connectivity index (χ1v) is 13.3. The number of hydrogen-bond donors (Lipinski definition) is 3. The Morgan fingerprint density at radius 3 is 2.35 bits per heavy atom. The minimum atomic E-state index is -0.718. The molecular weight excluding hydrogens is 524 g/mol. The monoisotopic (exact) mass is 562 g/mol. The SMILES string of the molecule is CC(C)(C)OC(=O)NCCOCCOCCOCCC(=O)Nc1cccc2c1CN(C1CCC(=O)NC1=O)C2=O. The highest BCUT2D eigenvalue weighted by Crippen LogP contribution is 2.32. The second-order valence-electron chi connectivity index (χ2n) is 10.3. The van der Waals surface area contributed by atoms with Crippen LogP contribution in [0.5, 0.6) is 0 Å². The van der Waals surface area contributed by atoms with Gasteiger partial charge in [-0.2, -0.15) is 0 Å². The van der Waals surface area contributed by atoms with Crippen LogP contribution >= 0.6 is 0 Å². The number of benzene rings is 1. The van der Waals surface area contributed by atoms with Crippen molar-refractivity contribution in [3.8, 4) is 0 Å². The Hall–Kier alpha value is -3.55. The number of carbonyl (C=O) groups is 5. The van der Waals surface area contributed by atoms with Gasteiger partial charge in [-0.25, -0.2) is 4.79 Å². The topological polar surface area (TPSA) is 162 Å². The number of anilines is 1. The number of carbonyl (C=O) groups excluding carboxylic acids is 5. The van der Waals surface area contributed by atoms with Gasteiger partial charge in [-0.3, -0.25) is 24.5 Å². The first-order chi connectivity index (χ1) is 19.0. The van der Waals surface area contributed by atoms with Gasteiger partial charge in [0.05, 0.1) is 46.1 Å². The number of hydrogen-bond acceptors (Lipinski definition) is 9. The van der Waals surface area contributed by atoms with Gasteiger partial charge in [-0.15, -0.1) is 0 Å². The molecule has 5 amide bonds. The Morgan fingerprint density at radius 1 is 1.00 bits per heavy atom. The zero-order valence-electron chi connectivity index (χ0n) is 23.2. The van der Waals surface area contributed by atoms with Gasteiger partial charge in [0.15, 0.2) is 0 Å². The maximum atomic E-state index is 12.9. The van der Waals surface area contributed by atoms with Gasteiger partial charge in [0, 0.05) is 36.3 Å². The molecule has 0 saturated carbocycles. The molecule has 2 aliphatic heterocycles. The van der Waals surface area contributed by atoms with Gasteiger partial charge in [0.1, 0.15) is 11.6 Å². The summed E-state index contributed by atoms with van der Waals surface area (Å²) in [5.41, 5.74) is 1.04. The molecule has 13 nitrogen and oxygen atoms in total. The van der Waals surface area contributed by atoms with Crippen LogP contribution in [0.15, 0.2) is 18.2 Å². The Labute approximate surface area is 233 Å². The molecule has 1 aromatic carbocycles. The molecule has 2 heterocycles. The van der Waals surface area contributed by atoms with Crippen LogP contribution in [0.2, 0.25) is 0 Å². The van der Waals surface area contributed by atoms with Crippen molar-refractivity contribution in [1.82, 2.24) is 15.5 Å². The van der Waals surface area contributed by atoms with Gasteiger partial charge in [0.2, 0.25) is 17.7 Å². The molecule has 1 fully saturated rings. The molecule has 13 heteroatoms. The third kappa shape index (κ3) is 9.57. The second-order valence-corrected chi connectivity index (χ2v) is 10.3. The quantitative estimate of drug-likeness (QED) is 0.224. The Bertz CT molecular complexity index is 1090. The van der Waals surface area contributed by atoms with E-state index in [2.05, 4.69) is 16.0 Å². The first kappa shape index (κ1) is 31.0. The molecule has 220 valence electrons. The molecular formula is C27H38N4O9. The smallest absolute Gasteiger partial charge is 0.407 e. The summed E-state index contributed by atoms with van der Waals surface area (Å²) in [6.07, 6.45) is 0.0708. The lowest BCUT2D eigenvalue weighted by Gasteiger charge is -2.29. The van der Waals surface area contributed by atoms with Crippen molar-refractivity contribution in [2.24, 2.45) is 0 Å². The van der Waals surface area contributed by atoms with Gasteiger partial charge in [-0.1, -0.05) is 6.07 Å². The molecule has 2 aliphatic rings. The number of amides is 5. The minimum absolute atomic E-state index is 0.113. The van der Waals surface area contributed by atoms with Crippen molar-refractivity contribution in [3.63, 3.8) is 0 Å². The summed E-state index contributed by atoms with van der Waals surface area (Å²) >= 11 is 0. The Morgan fingerprint density at radius 2 is 1.68 bits per heavy atom. The van der Waals surface area contributed by atoms with Crippen molar-refractivity contribution < 1.29 is 42.9 Å². The van der Waals surface area contributed by atoms with E-state index >= 15 is 0 Å². The summed E-state index contributed by atoms with van der Waals surface area (Å²) in [4.78, 5) is 62.0. The summed E-state index contributed by atoms with van der Waals surface area (Å²) in [6.45, 7) is 7.79. The molecule has 3 rings (SSSR count). The van der Waals surface area contributed by atoms with Gasteiger partial charge >= 0.3 is 6.09 Å². The average molecular weight is 563 g/mol. The highest BCUT2D eigenvalue weighted by atomic mass is 16.6. The van der Waals surface area contributed by atoms with Crippen molar-refractivity contribution in [3.05, 3.63) is 29.3 Å². The molecule has 40 heavy (non-hydrogen) atoms. The lowest BCUT2D eigenvalue weighted by Crippen LogP contribution is -2.52. The van der Waals surface area contributed by atoms with Crippen LogP contribution < -0.4 is 16.0 Å². The molecule has 3 N–H and O–H groups in total. The van der Waals surface area contributed by atoms with Crippen molar-refractivity contribution in [2.75, 3.05) is 51.5 Å². The fourth-order valence-electron chi connectivity index (χ4n) is 4.16. The predicted octanol–water partition coefficient (Wildman–Crippen LogP) is 1.35. The third-order valence-electron chi connectivity index (χ3n) is 5.99. The maximum Gasteiger partial charge on any atom is 0.407 e. The molecule has 0 aliphatic carbocycles. The van der Waals surface area contributed by atoms with Crippen molar-refractivity contribution in [2.45, 2.75) is 58.2 Å². The van der Waals surface area contributed by atoms with E-state index in [0.29, 0.717) is 56.4 Å². The highest BCUT2D eigenvalue weighted by molar-refractivity contribution is 6.06. The Balaban J connectivity index is 1.26. The van der Waals surface area contributed by atoms with E-state index in [-0.39, 0.29) is 50.1 Å². The summed E-state index contributed by atoms with van der Waals surface area (Å²) < 4.78 is 21.4. The van der Waals surface area contributed by atoms with E-state index in [1.807, 2.05) is 0 Å². The van der Waals surface area contributed by atoms with Gasteiger partial charge in [0.25, 0.3) is 5.91 Å². The van der Waals surface area contributed by atoms with E-state index in [0.717, 1.165) is 0 Å². The molecule has 0 bridgehead atoms. The maximum absolute atomic E-state index is 12.9. The summed E-state index contributed by atoms with van der Waals surface area (Å²) in [7, 11) is 0. The van der Waals surface area contributed by atoms with Crippen LogP contribution in [0.4, 0.5) is 10.5 Å². The van der Waals surface area contributed by atoms with E-state index in [1.54, 1.807) is 39.0 Å². The number of imide groups is 1. The lowest BCUT2D eigenvalue weighted by molar-refractivity contribution is -0.137. The van der Waals surface area contributed by atoms with E-state index in [9.17, 15) is 24.0 Å². The van der Waals surface area contributed by atoms with E-state index in [4.69, 9.17) is 18.9 Å². The third-order valence-corrected chi connectivity index (χ3v) is 5.99. The fourth-order valence-corrected chi connectivity index (χ4v) is 4.16. The number of nitrogens with one attached hydrogen (secondary N) is 3. The number of ether oxygens (including phenoxy) is 4. The van der Waals surface area contributed by atoms with Crippen LogP contribution in [0, 0.1) is 0 Å². The first-order valence-electron chi connectivity index (χ1n) is 13.3. The fraction of sp³-hybridized carbons (Fsp3) is 0.593. The second kappa shape index (κ2) is 14.7. The van der Waals surface area contributed by atoms with Crippen LogP contribution in [0.1, 0.15) is 56.0 Å². The number of piperidine rings is 1. The summed E-state index contributed by atoms with van der Waals surface area (Å²) in [5.74, 6) is -1.40. The van der Waals surface area contributed by atoms with Gasteiger partial charge < -0.3 is 34.5 Å². The average Bonchev–Trinajstić information content (AvgIpc) is 3.20. The normalized spacial score (nSPS) is 16.9. The van der Waals surface area contributed by atoms with Crippen molar-refractivity contribution in [1.29, 1.82) is 0 Å². The van der Waals surface area contributed by atoms with Crippen LogP contribution in [0.3, 0.4) is 0 Å². The van der Waals surface area contributed by atoms with Crippen LogP contribution in [0.25, 0.3) is 0 Å². The standard InChI is InChI=1S/C27H38N4O9/c1-27(2,3)40-26(36)28-10-12-38-14-16-39-15-13-37-11-9-23(33)29-20-6-4-5-18-19(20)17-31(25(18)35)21-7-8-22(32)30-24(21)34/h4-6,21H,7-17H2,1-3H3,(H,28,36)(H,29,33)(H,30,32,34). The van der Waals surface area contributed by atoms with Crippen molar-refractivity contribution >= 4 is 35.4 Å². The highest BCUT2D eigenvalue weighted by Gasteiger charge is 2.39. The zero-order chi connectivity index (χ0) is 29.1. The molecule has 0 radical (unpaired) electrons. The number of rotatable bonds is 14. The number of nitrogens with zero attached hydrogens (tertiary/aromatic N) is 1. The number of fused-ring (bicyclic) bond motifs is 1. The molecule has 1 aromatic rings. The molecule has 1 atom stereocenters. The molecule has 0 aromatic heterocycles. The predicted molar refractivity (Wildman–Crippen MR) is 142 cm³/mol.